The Morgan fingerprint density at radius 2 is 2.62 bits per heavy atom. The first-order valence-corrected chi connectivity index (χ1v) is 3.17. The van der Waals surface area contributed by atoms with Gasteiger partial charge in [0.1, 0.15) is 0 Å². The van der Waals surface area contributed by atoms with E-state index < -0.39 is 0 Å². The van der Waals surface area contributed by atoms with Gasteiger partial charge in [-0.2, -0.15) is 4.99 Å². The SMILES string of the molecule is COCSCN=C=O. The number of thioether (sulfide) groups is 1. The molecule has 0 N–H and O–H groups in total. The van der Waals surface area contributed by atoms with Crippen LogP contribution in [0.15, 0.2) is 4.99 Å². The van der Waals surface area contributed by atoms with Gasteiger partial charge in [0, 0.05) is 7.11 Å². The fourth-order valence-corrected chi connectivity index (χ4v) is 0.578. The normalized spacial score (nSPS) is 8.12. The molecule has 0 radical (unpaired) electrons. The summed E-state index contributed by atoms with van der Waals surface area (Å²) in [4.78, 5) is 12.7. The molecule has 0 amide bonds. The Balaban J connectivity index is 2.82. The highest BCUT2D eigenvalue weighted by molar-refractivity contribution is 7.99. The number of rotatable bonds is 4. The number of isocyanates is 1. The zero-order chi connectivity index (χ0) is 6.24. The Morgan fingerprint density at radius 1 is 1.88 bits per heavy atom. The molecular formula is C4H7NO2S. The Labute approximate surface area is 52.1 Å². The van der Waals surface area contributed by atoms with Crippen molar-refractivity contribution in [1.82, 2.24) is 0 Å². The lowest BCUT2D eigenvalue weighted by Crippen LogP contribution is -1.80. The van der Waals surface area contributed by atoms with Crippen molar-refractivity contribution in [2.24, 2.45) is 4.99 Å². The number of hydrogen-bond acceptors (Lipinski definition) is 4. The van der Waals surface area contributed by atoms with Crippen LogP contribution in [-0.4, -0.2) is 25.0 Å². The van der Waals surface area contributed by atoms with Crippen LogP contribution in [0, 0.1) is 0 Å². The average Bonchev–Trinajstić information content (AvgIpc) is 1.81. The lowest BCUT2D eigenvalue weighted by Gasteiger charge is -1.89. The van der Waals surface area contributed by atoms with Crippen molar-refractivity contribution in [2.45, 2.75) is 0 Å². The van der Waals surface area contributed by atoms with Crippen molar-refractivity contribution in [3.8, 4) is 0 Å². The van der Waals surface area contributed by atoms with Crippen molar-refractivity contribution in [1.29, 1.82) is 0 Å². The molecule has 8 heavy (non-hydrogen) atoms. The van der Waals surface area contributed by atoms with Crippen LogP contribution in [0.25, 0.3) is 0 Å². The number of nitrogens with zero attached hydrogens (tertiary/aromatic N) is 1. The molecule has 4 heteroatoms. The van der Waals surface area contributed by atoms with E-state index in [1.807, 2.05) is 0 Å². The van der Waals surface area contributed by atoms with Crippen LogP contribution in [0.4, 0.5) is 0 Å². The van der Waals surface area contributed by atoms with Gasteiger partial charge in [0.15, 0.2) is 0 Å². The van der Waals surface area contributed by atoms with Gasteiger partial charge >= 0.3 is 0 Å². The van der Waals surface area contributed by atoms with Crippen molar-refractivity contribution in [2.75, 3.05) is 18.9 Å². The highest BCUT2D eigenvalue weighted by atomic mass is 32.2. The van der Waals surface area contributed by atoms with Gasteiger partial charge in [0.05, 0.1) is 11.8 Å². The largest absolute Gasteiger partial charge is 0.374 e. The molecule has 0 aliphatic rings. The zero-order valence-corrected chi connectivity index (χ0v) is 5.40. The van der Waals surface area contributed by atoms with E-state index in [2.05, 4.69) is 9.73 Å². The topological polar surface area (TPSA) is 38.7 Å². The molecule has 0 heterocycles. The summed E-state index contributed by atoms with van der Waals surface area (Å²) in [6, 6.07) is 0. The Bertz CT molecular complexity index is 90.0. The first-order chi connectivity index (χ1) is 3.91. The van der Waals surface area contributed by atoms with Crippen LogP contribution < -0.4 is 0 Å². The predicted octanol–water partition coefficient (Wildman–Crippen LogP) is 0.617. The summed E-state index contributed by atoms with van der Waals surface area (Å²) >= 11 is 1.43. The van der Waals surface area contributed by atoms with Gasteiger partial charge in [-0.15, -0.1) is 11.8 Å². The van der Waals surface area contributed by atoms with E-state index in [1.165, 1.54) is 17.8 Å². The van der Waals surface area contributed by atoms with Crippen molar-refractivity contribution >= 4 is 17.8 Å². The summed E-state index contributed by atoms with van der Waals surface area (Å²) in [5.74, 6) is 1.02. The fourth-order valence-electron chi connectivity index (χ4n) is 0.193. The number of aliphatic imine (C=N–C) groups is 1. The minimum atomic E-state index is 0.442. The van der Waals surface area contributed by atoms with Gasteiger partial charge in [-0.05, 0) is 0 Å². The highest BCUT2D eigenvalue weighted by Gasteiger charge is 1.79. The third kappa shape index (κ3) is 5.69. The third-order valence-electron chi connectivity index (χ3n) is 0.422. The standard InChI is InChI=1S/C4H7NO2S/c1-7-4-8-3-5-2-6/h3-4H2,1H3. The molecule has 0 fully saturated rings. The monoisotopic (exact) mass is 133 g/mol. The summed E-state index contributed by atoms with van der Waals surface area (Å²) in [6.07, 6.45) is 1.43. The van der Waals surface area contributed by atoms with Crippen LogP contribution in [0.2, 0.25) is 0 Å². The quantitative estimate of drug-likeness (QED) is 0.244. The summed E-state index contributed by atoms with van der Waals surface area (Å²) in [7, 11) is 1.59. The van der Waals surface area contributed by atoms with Crippen molar-refractivity contribution < 1.29 is 9.53 Å². The molecule has 0 saturated heterocycles. The second kappa shape index (κ2) is 6.69. The number of carbonyl (C=O) groups excluding carboxylic acids is 1. The number of hydrogen-bond donors (Lipinski definition) is 0. The zero-order valence-electron chi connectivity index (χ0n) is 4.59. The van der Waals surface area contributed by atoms with E-state index in [0.717, 1.165) is 0 Å². The molecule has 0 saturated carbocycles. The van der Waals surface area contributed by atoms with Crippen LogP contribution in [-0.2, 0) is 9.53 Å². The van der Waals surface area contributed by atoms with Crippen LogP contribution in [0.5, 0.6) is 0 Å². The summed E-state index contributed by atoms with van der Waals surface area (Å²) in [6.45, 7) is 0. The molecule has 0 rings (SSSR count). The average molecular weight is 133 g/mol. The molecule has 0 aromatic rings. The lowest BCUT2D eigenvalue weighted by molar-refractivity contribution is 0.259. The second-order valence-corrected chi connectivity index (χ2v) is 1.89. The van der Waals surface area contributed by atoms with Gasteiger partial charge in [-0.3, -0.25) is 0 Å². The molecule has 0 bridgehead atoms. The fraction of sp³-hybridized carbons (Fsp3) is 0.750. The maximum absolute atomic E-state index is 9.42. The molecule has 0 atom stereocenters. The molecular weight excluding hydrogens is 126 g/mol. The summed E-state index contributed by atoms with van der Waals surface area (Å²) in [5, 5.41) is 0. The van der Waals surface area contributed by atoms with Gasteiger partial charge in [-0.25, -0.2) is 4.79 Å². The smallest absolute Gasteiger partial charge is 0.235 e. The van der Waals surface area contributed by atoms with E-state index in [1.54, 1.807) is 7.11 Å². The molecule has 0 aliphatic heterocycles. The maximum atomic E-state index is 9.42. The molecule has 0 aliphatic carbocycles. The number of ether oxygens (including phenoxy) is 1. The summed E-state index contributed by atoms with van der Waals surface area (Å²) in [5.41, 5.74) is 0. The minimum Gasteiger partial charge on any atom is -0.374 e. The summed E-state index contributed by atoms with van der Waals surface area (Å²) < 4.78 is 4.66. The van der Waals surface area contributed by atoms with Crippen molar-refractivity contribution in [3.05, 3.63) is 0 Å². The predicted molar refractivity (Wildman–Crippen MR) is 32.5 cm³/mol. The van der Waals surface area contributed by atoms with Gasteiger partial charge in [0.25, 0.3) is 0 Å². The molecule has 46 valence electrons. The van der Waals surface area contributed by atoms with E-state index in [4.69, 9.17) is 0 Å². The highest BCUT2D eigenvalue weighted by Crippen LogP contribution is 1.97. The molecule has 3 nitrogen and oxygen atoms in total. The Kier molecular flexibility index (Phi) is 6.43. The maximum Gasteiger partial charge on any atom is 0.235 e. The van der Waals surface area contributed by atoms with Gasteiger partial charge < -0.3 is 4.74 Å². The molecule has 0 aromatic carbocycles. The van der Waals surface area contributed by atoms with E-state index in [-0.39, 0.29) is 0 Å². The third-order valence-corrected chi connectivity index (χ3v) is 1.14. The van der Waals surface area contributed by atoms with Crippen LogP contribution >= 0.6 is 11.8 Å². The Morgan fingerprint density at radius 3 is 3.12 bits per heavy atom. The minimum absolute atomic E-state index is 0.442. The molecule has 0 unspecified atom stereocenters. The van der Waals surface area contributed by atoms with E-state index in [0.29, 0.717) is 11.8 Å². The first kappa shape index (κ1) is 7.69. The molecule has 0 spiro atoms. The molecule has 0 aromatic heterocycles. The van der Waals surface area contributed by atoms with Crippen LogP contribution in [0.1, 0.15) is 0 Å². The lowest BCUT2D eigenvalue weighted by atomic mass is 11.4. The van der Waals surface area contributed by atoms with E-state index in [9.17, 15) is 4.79 Å². The van der Waals surface area contributed by atoms with Crippen LogP contribution in [0.3, 0.4) is 0 Å². The number of methoxy groups -OCH3 is 1. The van der Waals surface area contributed by atoms with Gasteiger partial charge in [-0.1, -0.05) is 0 Å². The second-order valence-electron chi connectivity index (χ2n) is 0.989. The first-order valence-electron chi connectivity index (χ1n) is 2.02. The van der Waals surface area contributed by atoms with Gasteiger partial charge in [0.2, 0.25) is 6.08 Å². The Hall–Kier alpha value is -0.310. The van der Waals surface area contributed by atoms with E-state index >= 15 is 0 Å². The van der Waals surface area contributed by atoms with Crippen molar-refractivity contribution in [3.63, 3.8) is 0 Å².